The quantitative estimate of drug-likeness (QED) is 0.804. The van der Waals surface area contributed by atoms with Crippen LogP contribution >= 0.6 is 22.6 Å². The molecule has 2 aromatic heterocycles. The van der Waals surface area contributed by atoms with Gasteiger partial charge in [-0.15, -0.1) is 0 Å². The van der Waals surface area contributed by atoms with Gasteiger partial charge >= 0.3 is 0 Å². The van der Waals surface area contributed by atoms with Crippen LogP contribution in [0.25, 0.3) is 11.4 Å². The number of hydrogen-bond acceptors (Lipinski definition) is 4. The van der Waals surface area contributed by atoms with E-state index in [-0.39, 0.29) is 0 Å². The van der Waals surface area contributed by atoms with E-state index in [0.717, 1.165) is 26.2 Å². The fourth-order valence-corrected chi connectivity index (χ4v) is 2.03. The van der Waals surface area contributed by atoms with E-state index in [2.05, 4.69) is 37.7 Å². The zero-order valence-corrected chi connectivity index (χ0v) is 12.4. The first-order valence-corrected chi connectivity index (χ1v) is 6.30. The summed E-state index contributed by atoms with van der Waals surface area (Å²) in [6, 6.07) is 0. The van der Waals surface area contributed by atoms with Crippen molar-refractivity contribution in [2.75, 3.05) is 5.73 Å². The summed E-state index contributed by atoms with van der Waals surface area (Å²) in [5.41, 5.74) is 9.72. The second-order valence-corrected chi connectivity index (χ2v) is 5.08. The summed E-state index contributed by atoms with van der Waals surface area (Å²) in [5, 5.41) is 4.36. The molecular formula is C11H14IN5. The van der Waals surface area contributed by atoms with Gasteiger partial charge in [-0.25, -0.2) is 9.97 Å². The molecule has 0 aliphatic rings. The molecule has 0 atom stereocenters. The molecule has 0 aromatic carbocycles. The van der Waals surface area contributed by atoms with Gasteiger partial charge in [0.25, 0.3) is 0 Å². The fourth-order valence-electron chi connectivity index (χ4n) is 1.79. The molecule has 0 aliphatic carbocycles. The van der Waals surface area contributed by atoms with Gasteiger partial charge in [-0.3, -0.25) is 4.68 Å². The molecule has 0 radical (unpaired) electrons. The maximum Gasteiger partial charge on any atom is 0.165 e. The van der Waals surface area contributed by atoms with Crippen LogP contribution in [0.1, 0.15) is 17.1 Å². The first-order chi connectivity index (χ1) is 7.91. The highest BCUT2D eigenvalue weighted by Gasteiger charge is 2.16. The van der Waals surface area contributed by atoms with Gasteiger partial charge in [-0.1, -0.05) is 0 Å². The Bertz CT molecular complexity index is 565. The van der Waals surface area contributed by atoms with Crippen molar-refractivity contribution in [3.8, 4) is 11.4 Å². The lowest BCUT2D eigenvalue weighted by molar-refractivity contribution is 0.731. The SMILES string of the molecule is Cc1nc(-c2c(C)nn(C)c2C)nc(N)c1I. The Hall–Kier alpha value is -1.18. The average Bonchev–Trinajstić information content (AvgIpc) is 2.49. The first-order valence-electron chi connectivity index (χ1n) is 5.22. The number of rotatable bonds is 1. The molecule has 0 amide bonds. The lowest BCUT2D eigenvalue weighted by Gasteiger charge is -2.06. The molecule has 2 N–H and O–H groups in total. The van der Waals surface area contributed by atoms with Crippen LogP contribution in [0.5, 0.6) is 0 Å². The molecule has 2 aromatic rings. The molecule has 0 aliphatic heterocycles. The van der Waals surface area contributed by atoms with Gasteiger partial charge < -0.3 is 5.73 Å². The molecule has 6 heteroatoms. The van der Waals surface area contributed by atoms with Crippen molar-refractivity contribution >= 4 is 28.4 Å². The predicted octanol–water partition coefficient (Wildman–Crippen LogP) is 1.99. The second kappa shape index (κ2) is 4.25. The number of hydrogen-bond donors (Lipinski definition) is 1. The van der Waals surface area contributed by atoms with E-state index in [4.69, 9.17) is 5.73 Å². The van der Waals surface area contributed by atoms with Crippen molar-refractivity contribution < 1.29 is 0 Å². The minimum absolute atomic E-state index is 0.524. The Morgan fingerprint density at radius 1 is 1.12 bits per heavy atom. The van der Waals surface area contributed by atoms with Crippen LogP contribution in [0.2, 0.25) is 0 Å². The molecule has 0 unspecified atom stereocenters. The Morgan fingerprint density at radius 3 is 2.24 bits per heavy atom. The molecule has 0 bridgehead atoms. The Balaban J connectivity index is 2.69. The van der Waals surface area contributed by atoms with E-state index in [1.165, 1.54) is 0 Å². The predicted molar refractivity (Wildman–Crippen MR) is 75.6 cm³/mol. The van der Waals surface area contributed by atoms with Crippen LogP contribution in [-0.2, 0) is 7.05 Å². The molecule has 0 saturated carbocycles. The minimum atomic E-state index is 0.524. The van der Waals surface area contributed by atoms with Crippen LogP contribution in [0, 0.1) is 24.3 Å². The van der Waals surface area contributed by atoms with Crippen LogP contribution in [-0.4, -0.2) is 19.7 Å². The molecule has 2 rings (SSSR count). The Kier molecular flexibility index (Phi) is 3.07. The third kappa shape index (κ3) is 2.01. The third-order valence-corrected chi connectivity index (χ3v) is 4.11. The summed E-state index contributed by atoms with van der Waals surface area (Å²) in [4.78, 5) is 8.83. The van der Waals surface area contributed by atoms with Gasteiger partial charge in [0, 0.05) is 12.7 Å². The number of aryl methyl sites for hydroxylation is 3. The lowest BCUT2D eigenvalue weighted by atomic mass is 10.2. The highest BCUT2D eigenvalue weighted by Crippen LogP contribution is 2.26. The van der Waals surface area contributed by atoms with Gasteiger partial charge in [0.05, 0.1) is 20.5 Å². The molecule has 2 heterocycles. The van der Waals surface area contributed by atoms with Gasteiger partial charge in [0.2, 0.25) is 0 Å². The number of halogens is 1. The van der Waals surface area contributed by atoms with E-state index in [1.807, 2.05) is 32.5 Å². The second-order valence-electron chi connectivity index (χ2n) is 4.00. The highest BCUT2D eigenvalue weighted by atomic mass is 127. The summed E-state index contributed by atoms with van der Waals surface area (Å²) in [5.74, 6) is 1.18. The van der Waals surface area contributed by atoms with Crippen molar-refractivity contribution in [1.82, 2.24) is 19.7 Å². The standard InChI is InChI=1S/C11H14IN5/c1-5-8(7(3)17(4)16-5)11-14-6(2)9(12)10(13)15-11/h1-4H3,(H2,13,14,15). The minimum Gasteiger partial charge on any atom is -0.383 e. The van der Waals surface area contributed by atoms with E-state index in [1.54, 1.807) is 0 Å². The summed E-state index contributed by atoms with van der Waals surface area (Å²) in [6.45, 7) is 5.89. The normalized spacial score (nSPS) is 10.9. The Labute approximate surface area is 114 Å². The fraction of sp³-hybridized carbons (Fsp3) is 0.364. The highest BCUT2D eigenvalue weighted by molar-refractivity contribution is 14.1. The van der Waals surface area contributed by atoms with E-state index >= 15 is 0 Å². The molecule has 0 fully saturated rings. The zero-order chi connectivity index (χ0) is 12.7. The lowest BCUT2D eigenvalue weighted by Crippen LogP contribution is -2.03. The number of nitrogen functional groups attached to an aromatic ring is 1. The van der Waals surface area contributed by atoms with Crippen molar-refractivity contribution in [3.63, 3.8) is 0 Å². The summed E-state index contributed by atoms with van der Waals surface area (Å²) in [6.07, 6.45) is 0. The molecule has 5 nitrogen and oxygen atoms in total. The van der Waals surface area contributed by atoms with Gasteiger partial charge in [-0.2, -0.15) is 5.10 Å². The number of aromatic nitrogens is 4. The van der Waals surface area contributed by atoms with Crippen molar-refractivity contribution in [1.29, 1.82) is 0 Å². The summed E-state index contributed by atoms with van der Waals surface area (Å²) < 4.78 is 2.74. The van der Waals surface area contributed by atoms with E-state index in [0.29, 0.717) is 11.6 Å². The zero-order valence-electron chi connectivity index (χ0n) is 10.2. The maximum absolute atomic E-state index is 5.88. The van der Waals surface area contributed by atoms with Crippen molar-refractivity contribution in [2.24, 2.45) is 7.05 Å². The van der Waals surface area contributed by atoms with Crippen LogP contribution in [0.15, 0.2) is 0 Å². The van der Waals surface area contributed by atoms with Crippen molar-refractivity contribution in [2.45, 2.75) is 20.8 Å². The number of nitrogens with zero attached hydrogens (tertiary/aromatic N) is 4. The Morgan fingerprint density at radius 2 is 1.76 bits per heavy atom. The molecule has 0 saturated heterocycles. The van der Waals surface area contributed by atoms with Gasteiger partial charge in [-0.05, 0) is 43.4 Å². The molecule has 0 spiro atoms. The summed E-state index contributed by atoms with van der Waals surface area (Å²) in [7, 11) is 1.91. The van der Waals surface area contributed by atoms with Crippen LogP contribution < -0.4 is 5.73 Å². The first kappa shape index (κ1) is 12.3. The monoisotopic (exact) mass is 343 g/mol. The average molecular weight is 343 g/mol. The third-order valence-electron chi connectivity index (χ3n) is 2.78. The topological polar surface area (TPSA) is 69.6 Å². The largest absolute Gasteiger partial charge is 0.383 e. The summed E-state index contributed by atoms with van der Waals surface area (Å²) >= 11 is 2.16. The number of nitrogens with two attached hydrogens (primary N) is 1. The van der Waals surface area contributed by atoms with E-state index in [9.17, 15) is 0 Å². The van der Waals surface area contributed by atoms with Crippen LogP contribution in [0.4, 0.5) is 5.82 Å². The van der Waals surface area contributed by atoms with Crippen LogP contribution in [0.3, 0.4) is 0 Å². The number of anilines is 1. The van der Waals surface area contributed by atoms with E-state index < -0.39 is 0 Å². The smallest absolute Gasteiger partial charge is 0.165 e. The molecule has 90 valence electrons. The van der Waals surface area contributed by atoms with Crippen molar-refractivity contribution in [3.05, 3.63) is 20.7 Å². The van der Waals surface area contributed by atoms with Gasteiger partial charge in [0.15, 0.2) is 5.82 Å². The molecular weight excluding hydrogens is 329 g/mol. The molecule has 17 heavy (non-hydrogen) atoms. The van der Waals surface area contributed by atoms with Gasteiger partial charge in [0.1, 0.15) is 5.82 Å². The maximum atomic E-state index is 5.88.